The second-order valence-corrected chi connectivity index (χ2v) is 11.4. The highest BCUT2D eigenvalue weighted by atomic mass is 15.1. The molecule has 4 aromatic heterocycles. The summed E-state index contributed by atoms with van der Waals surface area (Å²) in [5.41, 5.74) is 15.7. The summed E-state index contributed by atoms with van der Waals surface area (Å²) in [4.78, 5) is 16.5. The Morgan fingerprint density at radius 3 is 1.34 bits per heavy atom. The van der Waals surface area contributed by atoms with E-state index in [1.54, 1.807) is 0 Å². The first kappa shape index (κ1) is 23.4. The number of H-pyrrole nitrogens is 2. The zero-order chi connectivity index (χ0) is 28.8. The van der Waals surface area contributed by atoms with Crippen LogP contribution in [0, 0.1) is 0 Å². The van der Waals surface area contributed by atoms with E-state index in [2.05, 4.69) is 140 Å². The number of nitrogens with zero attached hydrogens (tertiary/aromatic N) is 4. The number of aromatic amines is 2. The fourth-order valence-electron chi connectivity index (χ4n) is 6.69. The zero-order valence-electron chi connectivity index (χ0n) is 23.5. The van der Waals surface area contributed by atoms with Gasteiger partial charge in [-0.3, -0.25) is 8.80 Å². The second kappa shape index (κ2) is 8.69. The van der Waals surface area contributed by atoms with E-state index in [1.807, 2.05) is 12.1 Å². The molecule has 0 aliphatic rings. The molecule has 206 valence electrons. The molecule has 0 aliphatic carbocycles. The van der Waals surface area contributed by atoms with Gasteiger partial charge in [-0.1, -0.05) is 78.9 Å². The molecule has 10 aromatic rings. The Kier molecular flexibility index (Phi) is 4.63. The third-order valence-corrected chi connectivity index (χ3v) is 8.84. The van der Waals surface area contributed by atoms with Gasteiger partial charge in [0.05, 0.1) is 44.1 Å². The molecule has 0 radical (unpaired) electrons. The summed E-state index contributed by atoms with van der Waals surface area (Å²) in [7, 11) is 0. The lowest BCUT2D eigenvalue weighted by molar-refractivity contribution is 1.28. The quantitative estimate of drug-likeness (QED) is 0.225. The summed E-state index contributed by atoms with van der Waals surface area (Å²) in [6, 6.07) is 47.3. The fourth-order valence-corrected chi connectivity index (χ4v) is 6.69. The lowest BCUT2D eigenvalue weighted by atomic mass is 9.97. The van der Waals surface area contributed by atoms with E-state index in [1.165, 1.54) is 33.4 Å². The minimum absolute atomic E-state index is 0.866. The molecule has 0 bridgehead atoms. The van der Waals surface area contributed by atoms with Crippen LogP contribution in [0.2, 0.25) is 0 Å². The van der Waals surface area contributed by atoms with E-state index in [0.717, 1.165) is 55.7 Å². The highest BCUT2D eigenvalue weighted by molar-refractivity contribution is 5.93. The van der Waals surface area contributed by atoms with Crippen molar-refractivity contribution in [3.8, 4) is 33.4 Å². The molecule has 6 heteroatoms. The third kappa shape index (κ3) is 3.36. The van der Waals surface area contributed by atoms with E-state index in [9.17, 15) is 0 Å². The van der Waals surface area contributed by atoms with Gasteiger partial charge in [-0.2, -0.15) is 0 Å². The van der Waals surface area contributed by atoms with E-state index >= 15 is 0 Å². The van der Waals surface area contributed by atoms with Crippen LogP contribution in [0.4, 0.5) is 0 Å². The maximum absolute atomic E-state index is 4.77. The molecule has 6 nitrogen and oxygen atoms in total. The molecule has 0 saturated carbocycles. The molecule has 2 N–H and O–H groups in total. The van der Waals surface area contributed by atoms with E-state index in [-0.39, 0.29) is 0 Å². The topological polar surface area (TPSA) is 66.2 Å². The molecule has 10 rings (SSSR count). The van der Waals surface area contributed by atoms with Gasteiger partial charge >= 0.3 is 0 Å². The predicted octanol–water partition coefficient (Wildman–Crippen LogP) is 9.25. The lowest BCUT2D eigenvalue weighted by Gasteiger charge is -2.08. The van der Waals surface area contributed by atoms with Crippen LogP contribution in [-0.4, -0.2) is 28.7 Å². The molecule has 0 atom stereocenters. The van der Waals surface area contributed by atoms with Crippen LogP contribution in [0.5, 0.6) is 0 Å². The summed E-state index contributed by atoms with van der Waals surface area (Å²) in [6.07, 6.45) is 0. The largest absolute Gasteiger partial charge is 0.323 e. The van der Waals surface area contributed by atoms with Crippen LogP contribution in [-0.2, 0) is 0 Å². The van der Waals surface area contributed by atoms with Crippen molar-refractivity contribution < 1.29 is 0 Å². The minimum Gasteiger partial charge on any atom is -0.323 e. The normalized spacial score (nSPS) is 12.1. The SMILES string of the molecule is c1cc(-c2ccc(-c3ccc4[nH]c5nc6ccccc6n5c4c3)cc2)cc(-c2ccc3[nH]c4nc5ccccc5n4c3c2)c1. The van der Waals surface area contributed by atoms with Gasteiger partial charge in [-0.05, 0) is 88.0 Å². The molecule has 0 spiro atoms. The molecule has 0 saturated heterocycles. The van der Waals surface area contributed by atoms with Crippen molar-refractivity contribution in [3.63, 3.8) is 0 Å². The maximum atomic E-state index is 4.77. The molecule has 6 aromatic carbocycles. The Hall–Kier alpha value is -6.14. The Morgan fingerprint density at radius 1 is 0.364 bits per heavy atom. The van der Waals surface area contributed by atoms with Crippen molar-refractivity contribution in [3.05, 3.63) is 133 Å². The summed E-state index contributed by atoms with van der Waals surface area (Å²) >= 11 is 0. The van der Waals surface area contributed by atoms with Crippen molar-refractivity contribution in [2.75, 3.05) is 0 Å². The summed E-state index contributed by atoms with van der Waals surface area (Å²) < 4.78 is 4.42. The standard InChI is InChI=1S/C38H24N6/c1-3-10-33-29(8-1)39-37-41-31-18-16-27(21-35(31)43(33)37)24-14-12-23(13-15-24)25-6-5-7-26(20-25)28-17-19-32-36(22-28)44-34-11-4-2-9-30(34)40-38(44)42-32/h1-22H,(H,39,41)(H,40,42). The minimum atomic E-state index is 0.866. The molecule has 0 unspecified atom stereocenters. The van der Waals surface area contributed by atoms with Gasteiger partial charge in [0.2, 0.25) is 11.6 Å². The van der Waals surface area contributed by atoms with Crippen LogP contribution in [0.15, 0.2) is 133 Å². The number of para-hydroxylation sites is 4. The Labute approximate surface area is 250 Å². The van der Waals surface area contributed by atoms with Crippen molar-refractivity contribution in [1.82, 2.24) is 28.7 Å². The predicted molar refractivity (Wildman–Crippen MR) is 179 cm³/mol. The first-order valence-corrected chi connectivity index (χ1v) is 14.8. The average molecular weight is 565 g/mol. The highest BCUT2D eigenvalue weighted by Gasteiger charge is 2.13. The molecular formula is C38H24N6. The molecule has 4 heterocycles. The monoisotopic (exact) mass is 564 g/mol. The number of nitrogens with one attached hydrogen (secondary N) is 2. The Morgan fingerprint density at radius 2 is 0.795 bits per heavy atom. The zero-order valence-corrected chi connectivity index (χ0v) is 23.5. The van der Waals surface area contributed by atoms with Crippen LogP contribution >= 0.6 is 0 Å². The number of benzene rings is 6. The second-order valence-electron chi connectivity index (χ2n) is 11.4. The van der Waals surface area contributed by atoms with Crippen LogP contribution in [0.1, 0.15) is 0 Å². The van der Waals surface area contributed by atoms with Crippen LogP contribution in [0.25, 0.3) is 89.1 Å². The first-order chi connectivity index (χ1) is 21.8. The van der Waals surface area contributed by atoms with Crippen molar-refractivity contribution in [1.29, 1.82) is 0 Å². The van der Waals surface area contributed by atoms with Gasteiger partial charge < -0.3 is 9.97 Å². The molecule has 0 amide bonds. The first-order valence-electron chi connectivity index (χ1n) is 14.8. The third-order valence-electron chi connectivity index (χ3n) is 8.84. The molecule has 0 fully saturated rings. The molecule has 0 aliphatic heterocycles. The number of hydrogen-bond acceptors (Lipinski definition) is 2. The van der Waals surface area contributed by atoms with Gasteiger partial charge in [0.25, 0.3) is 0 Å². The van der Waals surface area contributed by atoms with E-state index < -0.39 is 0 Å². The van der Waals surface area contributed by atoms with Gasteiger partial charge in [-0.25, -0.2) is 9.97 Å². The fraction of sp³-hybridized carbons (Fsp3) is 0. The summed E-state index contributed by atoms with van der Waals surface area (Å²) in [5.74, 6) is 1.73. The van der Waals surface area contributed by atoms with Gasteiger partial charge in [0.15, 0.2) is 0 Å². The van der Waals surface area contributed by atoms with E-state index in [0.29, 0.717) is 0 Å². The van der Waals surface area contributed by atoms with Gasteiger partial charge in [0.1, 0.15) is 0 Å². The maximum Gasteiger partial charge on any atom is 0.213 e. The Balaban J connectivity index is 1.02. The lowest BCUT2D eigenvalue weighted by Crippen LogP contribution is -1.85. The molecular weight excluding hydrogens is 540 g/mol. The molecule has 44 heavy (non-hydrogen) atoms. The van der Waals surface area contributed by atoms with Crippen molar-refractivity contribution >= 4 is 55.7 Å². The summed E-state index contributed by atoms with van der Waals surface area (Å²) in [5, 5.41) is 0. The smallest absolute Gasteiger partial charge is 0.213 e. The number of fused-ring (bicyclic) bond motifs is 10. The summed E-state index contributed by atoms with van der Waals surface area (Å²) in [6.45, 7) is 0. The number of hydrogen-bond donors (Lipinski definition) is 2. The van der Waals surface area contributed by atoms with Gasteiger partial charge in [0, 0.05) is 0 Å². The van der Waals surface area contributed by atoms with Crippen LogP contribution in [0.3, 0.4) is 0 Å². The Bertz CT molecular complexity index is 2720. The van der Waals surface area contributed by atoms with Crippen molar-refractivity contribution in [2.24, 2.45) is 0 Å². The highest BCUT2D eigenvalue weighted by Crippen LogP contribution is 2.33. The average Bonchev–Trinajstić information content (AvgIpc) is 3.82. The number of imidazole rings is 4. The number of aromatic nitrogens is 6. The number of rotatable bonds is 3. The van der Waals surface area contributed by atoms with E-state index in [4.69, 9.17) is 9.97 Å². The van der Waals surface area contributed by atoms with Gasteiger partial charge in [-0.15, -0.1) is 0 Å². The van der Waals surface area contributed by atoms with Crippen LogP contribution < -0.4 is 0 Å². The van der Waals surface area contributed by atoms with Crippen molar-refractivity contribution in [2.45, 2.75) is 0 Å².